The minimum absolute atomic E-state index is 0.00615. The monoisotopic (exact) mass is 382 g/mol. The van der Waals surface area contributed by atoms with E-state index in [9.17, 15) is 22.0 Å². The normalized spacial score (nSPS) is 14.1. The highest BCUT2D eigenvalue weighted by Gasteiger charge is 2.30. The van der Waals surface area contributed by atoms with Gasteiger partial charge in [0.25, 0.3) is 5.91 Å². The maximum atomic E-state index is 13.2. The molecule has 0 bridgehead atoms. The van der Waals surface area contributed by atoms with Crippen LogP contribution in [-0.2, 0) is 10.0 Å². The fourth-order valence-corrected chi connectivity index (χ4v) is 3.84. The minimum atomic E-state index is -3.86. The Morgan fingerprint density at radius 3 is 2.35 bits per heavy atom. The number of sulfonamides is 1. The van der Waals surface area contributed by atoms with Crippen LogP contribution in [0.2, 0.25) is 0 Å². The number of rotatable bonds is 6. The van der Waals surface area contributed by atoms with Crippen molar-refractivity contribution in [2.45, 2.75) is 23.8 Å². The molecule has 0 saturated heterocycles. The molecule has 0 aliphatic heterocycles. The Labute approximate surface area is 149 Å². The topological polar surface area (TPSA) is 84.5 Å². The molecule has 9 heteroatoms. The first kappa shape index (κ1) is 18.3. The van der Waals surface area contributed by atoms with Crippen molar-refractivity contribution in [1.82, 2.24) is 4.72 Å². The van der Waals surface area contributed by atoms with Crippen molar-refractivity contribution in [3.8, 4) is 5.75 Å². The molecule has 0 unspecified atom stereocenters. The molecule has 1 fully saturated rings. The van der Waals surface area contributed by atoms with E-state index in [4.69, 9.17) is 4.74 Å². The SMILES string of the molecule is COc1ccc(C(=O)Nc2cc(F)cc(F)c2)cc1S(=O)(=O)NC1CC1. The molecular weight excluding hydrogens is 366 g/mol. The van der Waals surface area contributed by atoms with Gasteiger partial charge in [0, 0.05) is 23.4 Å². The number of carbonyl (C=O) groups is 1. The number of carbonyl (C=O) groups excluding carboxylic acids is 1. The molecule has 1 amide bonds. The van der Waals surface area contributed by atoms with E-state index >= 15 is 0 Å². The molecule has 0 aromatic heterocycles. The Bertz CT molecular complexity index is 939. The molecule has 1 aliphatic carbocycles. The van der Waals surface area contributed by atoms with Crippen molar-refractivity contribution in [3.05, 3.63) is 53.6 Å². The summed E-state index contributed by atoms with van der Waals surface area (Å²) in [6.07, 6.45) is 1.51. The number of nitrogens with one attached hydrogen (secondary N) is 2. The summed E-state index contributed by atoms with van der Waals surface area (Å²) in [7, 11) is -2.54. The third-order valence-corrected chi connectivity index (χ3v) is 5.28. The fraction of sp³-hybridized carbons (Fsp3) is 0.235. The molecule has 1 saturated carbocycles. The first-order valence-corrected chi connectivity index (χ1v) is 9.24. The predicted octanol–water partition coefficient (Wildman–Crippen LogP) is 2.67. The average molecular weight is 382 g/mol. The Morgan fingerprint density at radius 2 is 1.77 bits per heavy atom. The van der Waals surface area contributed by atoms with Gasteiger partial charge in [0.15, 0.2) is 0 Å². The van der Waals surface area contributed by atoms with Crippen LogP contribution in [0, 0.1) is 11.6 Å². The highest BCUT2D eigenvalue weighted by molar-refractivity contribution is 7.89. The van der Waals surface area contributed by atoms with Gasteiger partial charge < -0.3 is 10.1 Å². The van der Waals surface area contributed by atoms with Crippen LogP contribution in [0.25, 0.3) is 0 Å². The second-order valence-corrected chi connectivity index (χ2v) is 7.56. The summed E-state index contributed by atoms with van der Waals surface area (Å²) in [4.78, 5) is 12.2. The van der Waals surface area contributed by atoms with Crippen LogP contribution in [0.15, 0.2) is 41.3 Å². The fourth-order valence-electron chi connectivity index (χ4n) is 2.34. The van der Waals surface area contributed by atoms with E-state index in [1.807, 2.05) is 0 Å². The van der Waals surface area contributed by atoms with Gasteiger partial charge in [0.05, 0.1) is 7.11 Å². The van der Waals surface area contributed by atoms with Crippen LogP contribution < -0.4 is 14.8 Å². The molecule has 0 heterocycles. The van der Waals surface area contributed by atoms with E-state index in [0.29, 0.717) is 6.07 Å². The van der Waals surface area contributed by atoms with Gasteiger partial charge in [-0.1, -0.05) is 0 Å². The molecule has 3 rings (SSSR count). The van der Waals surface area contributed by atoms with Crippen LogP contribution in [0.4, 0.5) is 14.5 Å². The number of amides is 1. The number of ether oxygens (including phenoxy) is 1. The molecular formula is C17H16F2N2O4S. The molecule has 0 atom stereocenters. The molecule has 1 aliphatic rings. The van der Waals surface area contributed by atoms with E-state index in [2.05, 4.69) is 10.0 Å². The number of anilines is 1. The summed E-state index contributed by atoms with van der Waals surface area (Å²) in [6.45, 7) is 0. The number of halogens is 2. The molecule has 2 aromatic carbocycles. The van der Waals surface area contributed by atoms with Crippen molar-refractivity contribution in [2.75, 3.05) is 12.4 Å². The van der Waals surface area contributed by atoms with Crippen molar-refractivity contribution in [3.63, 3.8) is 0 Å². The van der Waals surface area contributed by atoms with E-state index in [0.717, 1.165) is 31.0 Å². The summed E-state index contributed by atoms with van der Waals surface area (Å²) in [5, 5.41) is 2.33. The van der Waals surface area contributed by atoms with Gasteiger partial charge in [-0.25, -0.2) is 21.9 Å². The van der Waals surface area contributed by atoms with Gasteiger partial charge in [-0.15, -0.1) is 0 Å². The number of methoxy groups -OCH3 is 1. The van der Waals surface area contributed by atoms with Crippen LogP contribution >= 0.6 is 0 Å². The molecule has 138 valence electrons. The van der Waals surface area contributed by atoms with Crippen LogP contribution in [0.1, 0.15) is 23.2 Å². The Hall–Kier alpha value is -2.52. The lowest BCUT2D eigenvalue weighted by Gasteiger charge is -2.12. The van der Waals surface area contributed by atoms with E-state index in [1.165, 1.54) is 19.2 Å². The van der Waals surface area contributed by atoms with Gasteiger partial charge in [0.1, 0.15) is 22.3 Å². The molecule has 0 radical (unpaired) electrons. The first-order valence-electron chi connectivity index (χ1n) is 7.76. The average Bonchev–Trinajstić information content (AvgIpc) is 3.36. The van der Waals surface area contributed by atoms with Gasteiger partial charge >= 0.3 is 0 Å². The van der Waals surface area contributed by atoms with Gasteiger partial charge in [0.2, 0.25) is 10.0 Å². The van der Waals surface area contributed by atoms with Crippen LogP contribution in [0.5, 0.6) is 5.75 Å². The zero-order valence-corrected chi connectivity index (χ0v) is 14.6. The van der Waals surface area contributed by atoms with Crippen molar-refractivity contribution in [1.29, 1.82) is 0 Å². The van der Waals surface area contributed by atoms with Gasteiger partial charge in [-0.3, -0.25) is 4.79 Å². The zero-order valence-electron chi connectivity index (χ0n) is 13.8. The van der Waals surface area contributed by atoms with Crippen LogP contribution in [-0.4, -0.2) is 27.5 Å². The molecule has 26 heavy (non-hydrogen) atoms. The first-order chi connectivity index (χ1) is 12.3. The summed E-state index contributed by atoms with van der Waals surface area (Å²) in [5.41, 5.74) is -0.0736. The summed E-state index contributed by atoms with van der Waals surface area (Å²) in [6, 6.07) is 6.35. The molecule has 0 spiro atoms. The largest absolute Gasteiger partial charge is 0.495 e. The van der Waals surface area contributed by atoms with Gasteiger partial charge in [-0.2, -0.15) is 0 Å². The highest BCUT2D eigenvalue weighted by atomic mass is 32.2. The minimum Gasteiger partial charge on any atom is -0.495 e. The van der Waals surface area contributed by atoms with E-state index in [1.54, 1.807) is 0 Å². The zero-order chi connectivity index (χ0) is 18.9. The van der Waals surface area contributed by atoms with Crippen LogP contribution in [0.3, 0.4) is 0 Å². The van der Waals surface area contributed by atoms with Crippen molar-refractivity contribution >= 4 is 21.6 Å². The lowest BCUT2D eigenvalue weighted by atomic mass is 10.2. The maximum Gasteiger partial charge on any atom is 0.255 e. The summed E-state index contributed by atoms with van der Waals surface area (Å²) in [5.74, 6) is -2.30. The van der Waals surface area contributed by atoms with Gasteiger partial charge in [-0.05, 0) is 43.2 Å². The Morgan fingerprint density at radius 1 is 1.12 bits per heavy atom. The second kappa shape index (κ2) is 7.00. The Kier molecular flexibility index (Phi) is 4.92. The predicted molar refractivity (Wildman–Crippen MR) is 90.6 cm³/mol. The second-order valence-electron chi connectivity index (χ2n) is 5.87. The van der Waals surface area contributed by atoms with Crippen molar-refractivity contribution < 1.29 is 26.7 Å². The highest BCUT2D eigenvalue weighted by Crippen LogP contribution is 2.28. The van der Waals surface area contributed by atoms with Crippen molar-refractivity contribution in [2.24, 2.45) is 0 Å². The molecule has 6 nitrogen and oxygen atoms in total. The lowest BCUT2D eigenvalue weighted by Crippen LogP contribution is -2.26. The number of hydrogen-bond donors (Lipinski definition) is 2. The van der Waals surface area contributed by atoms with E-state index in [-0.39, 0.29) is 27.9 Å². The smallest absolute Gasteiger partial charge is 0.255 e. The summed E-state index contributed by atoms with van der Waals surface area (Å²) < 4.78 is 59.0. The quantitative estimate of drug-likeness (QED) is 0.805. The number of benzene rings is 2. The summed E-state index contributed by atoms with van der Waals surface area (Å²) >= 11 is 0. The van der Waals surface area contributed by atoms with E-state index < -0.39 is 27.6 Å². The standard InChI is InChI=1S/C17H16F2N2O4S/c1-25-15-5-2-10(6-16(15)26(23,24)21-13-3-4-13)17(22)20-14-8-11(18)7-12(19)9-14/h2,5-9,13,21H,3-4H2,1H3,(H,20,22). The lowest BCUT2D eigenvalue weighted by molar-refractivity contribution is 0.102. The number of hydrogen-bond acceptors (Lipinski definition) is 4. The third-order valence-electron chi connectivity index (χ3n) is 3.73. The third kappa shape index (κ3) is 4.17. The molecule has 2 aromatic rings. The maximum absolute atomic E-state index is 13.2. The molecule has 2 N–H and O–H groups in total. The Balaban J connectivity index is 1.90.